The molecule has 54 heavy (non-hydrogen) atoms. The van der Waals surface area contributed by atoms with Gasteiger partial charge in [0.05, 0.1) is 43.1 Å². The molecule has 0 unspecified atom stereocenters. The molecule has 4 aromatic rings. The van der Waals surface area contributed by atoms with Crippen LogP contribution in [0.5, 0.6) is 0 Å². The van der Waals surface area contributed by atoms with Gasteiger partial charge in [-0.1, -0.05) is 62.4 Å². The van der Waals surface area contributed by atoms with Gasteiger partial charge in [-0.15, -0.1) is 0 Å². The lowest BCUT2D eigenvalue weighted by molar-refractivity contribution is -0.123. The van der Waals surface area contributed by atoms with Crippen LogP contribution in [-0.2, 0) is 20.8 Å². The summed E-state index contributed by atoms with van der Waals surface area (Å²) in [5.41, 5.74) is 4.17. The smallest absolute Gasteiger partial charge is 0.407 e. The number of aromatic nitrogens is 1. The maximum Gasteiger partial charge on any atom is 0.407 e. The highest BCUT2D eigenvalue weighted by atomic mass is 19.1. The maximum atomic E-state index is 14.2. The number of hydrogen-bond donors (Lipinski definition) is 5. The van der Waals surface area contributed by atoms with Crippen molar-refractivity contribution in [1.82, 2.24) is 15.2 Å². The standard InChI is InChI=1S/C42H53FN4O7/c1-28(2)38-37(40(51)46-32-14-10-7-11-15-32)36(29-12-8-6-9-13-29)39(30-16-18-31(43)19-17-30)47(38)23-20-33(48)26-34(49)27-35(50)44-21-24-53-25-22-45-41(52)54-42(3,4)5/h6-19,28,33-34,48-49H,20-27H2,1-5H3,(H,44,50)(H,45,52)(H,46,51)/t33-,34-/m1/s1. The van der Waals surface area contributed by atoms with Crippen LogP contribution in [0.3, 0.4) is 0 Å². The first-order valence-corrected chi connectivity index (χ1v) is 18.3. The monoisotopic (exact) mass is 744 g/mol. The number of ether oxygens (including phenoxy) is 2. The van der Waals surface area contributed by atoms with E-state index in [1.54, 1.807) is 32.9 Å². The first-order valence-electron chi connectivity index (χ1n) is 18.3. The molecule has 0 bridgehead atoms. The van der Waals surface area contributed by atoms with Crippen LogP contribution < -0.4 is 16.0 Å². The number of alkyl carbamates (subject to hydrolysis) is 1. The van der Waals surface area contributed by atoms with E-state index < -0.39 is 35.6 Å². The number of nitrogens with zero attached hydrogens (tertiary/aromatic N) is 1. The van der Waals surface area contributed by atoms with Crippen LogP contribution in [0.1, 0.15) is 75.9 Å². The number of carbonyl (C=O) groups excluding carboxylic acids is 3. The summed E-state index contributed by atoms with van der Waals surface area (Å²) in [5.74, 6) is -1.21. The van der Waals surface area contributed by atoms with Gasteiger partial charge in [-0.05, 0) is 87.1 Å². The fourth-order valence-electron chi connectivity index (χ4n) is 6.19. The lowest BCUT2D eigenvalue weighted by atomic mass is 9.94. The zero-order valence-electron chi connectivity index (χ0n) is 31.7. The molecule has 1 heterocycles. The van der Waals surface area contributed by atoms with E-state index in [-0.39, 0.29) is 63.9 Å². The minimum absolute atomic E-state index is 0.0443. The molecular formula is C42H53FN4O7. The van der Waals surface area contributed by atoms with Gasteiger partial charge in [-0.25, -0.2) is 9.18 Å². The Bertz CT molecular complexity index is 1810. The van der Waals surface area contributed by atoms with Crippen molar-refractivity contribution in [2.24, 2.45) is 0 Å². The van der Waals surface area contributed by atoms with E-state index in [0.717, 1.165) is 11.3 Å². The lowest BCUT2D eigenvalue weighted by Crippen LogP contribution is -2.35. The molecule has 12 heteroatoms. The van der Waals surface area contributed by atoms with Crippen molar-refractivity contribution < 1.29 is 38.5 Å². The summed E-state index contributed by atoms with van der Waals surface area (Å²) >= 11 is 0. The average molecular weight is 745 g/mol. The second-order valence-electron chi connectivity index (χ2n) is 14.4. The van der Waals surface area contributed by atoms with E-state index >= 15 is 0 Å². The summed E-state index contributed by atoms with van der Waals surface area (Å²) in [7, 11) is 0. The van der Waals surface area contributed by atoms with E-state index in [1.165, 1.54) is 12.1 Å². The Morgan fingerprint density at radius 2 is 1.43 bits per heavy atom. The summed E-state index contributed by atoms with van der Waals surface area (Å²) in [5, 5.41) is 30.2. The molecule has 0 spiro atoms. The summed E-state index contributed by atoms with van der Waals surface area (Å²) in [4.78, 5) is 38.4. The van der Waals surface area contributed by atoms with Crippen LogP contribution in [0.2, 0.25) is 0 Å². The van der Waals surface area contributed by atoms with Gasteiger partial charge in [0.2, 0.25) is 5.91 Å². The van der Waals surface area contributed by atoms with Crippen LogP contribution in [-0.4, -0.2) is 76.8 Å². The number of carbonyl (C=O) groups is 3. The number of anilines is 1. The number of nitrogens with one attached hydrogen (secondary N) is 3. The molecule has 290 valence electrons. The van der Waals surface area contributed by atoms with Crippen molar-refractivity contribution in [1.29, 1.82) is 0 Å². The highest BCUT2D eigenvalue weighted by molar-refractivity contribution is 6.12. The molecule has 0 aliphatic heterocycles. The van der Waals surface area contributed by atoms with Gasteiger partial charge in [0.25, 0.3) is 5.91 Å². The highest BCUT2D eigenvalue weighted by Crippen LogP contribution is 2.42. The molecule has 3 amide bonds. The second-order valence-corrected chi connectivity index (χ2v) is 14.4. The van der Waals surface area contributed by atoms with Crippen LogP contribution in [0, 0.1) is 5.82 Å². The molecule has 3 aromatic carbocycles. The first-order chi connectivity index (χ1) is 25.7. The lowest BCUT2D eigenvalue weighted by Gasteiger charge is -2.20. The number of para-hydroxylation sites is 1. The van der Waals surface area contributed by atoms with Gasteiger partial charge in [0.15, 0.2) is 0 Å². The van der Waals surface area contributed by atoms with Gasteiger partial charge < -0.3 is 40.2 Å². The predicted octanol–water partition coefficient (Wildman–Crippen LogP) is 6.89. The fourth-order valence-corrected chi connectivity index (χ4v) is 6.19. The quantitative estimate of drug-likeness (QED) is 0.0697. The molecule has 0 fully saturated rings. The molecule has 0 saturated heterocycles. The SMILES string of the molecule is CC(C)c1c(C(=O)Nc2ccccc2)c(-c2ccccc2)c(-c2ccc(F)cc2)n1CC[C@@H](O)C[C@@H](O)CC(=O)NCCOCCNC(=O)OC(C)(C)C. The molecule has 0 radical (unpaired) electrons. The number of aliphatic hydroxyl groups excluding tert-OH is 2. The average Bonchev–Trinajstić information content (AvgIpc) is 3.46. The third-order valence-electron chi connectivity index (χ3n) is 8.42. The number of halogens is 1. The van der Waals surface area contributed by atoms with Crippen LogP contribution >= 0.6 is 0 Å². The third kappa shape index (κ3) is 12.5. The molecule has 0 aliphatic carbocycles. The summed E-state index contributed by atoms with van der Waals surface area (Å²) < 4.78 is 26.8. The van der Waals surface area contributed by atoms with Crippen molar-refractivity contribution in [2.45, 2.75) is 84.2 Å². The van der Waals surface area contributed by atoms with Gasteiger partial charge in [0.1, 0.15) is 11.4 Å². The van der Waals surface area contributed by atoms with Crippen LogP contribution in [0.25, 0.3) is 22.4 Å². The van der Waals surface area contributed by atoms with Crippen LogP contribution in [0.15, 0.2) is 84.9 Å². The fraction of sp³-hybridized carbons (Fsp3) is 0.405. The Balaban J connectivity index is 1.46. The molecule has 5 N–H and O–H groups in total. The Kier molecular flexibility index (Phi) is 15.3. The van der Waals surface area contributed by atoms with Gasteiger partial charge >= 0.3 is 6.09 Å². The molecule has 0 saturated carbocycles. The second kappa shape index (κ2) is 19.9. The molecule has 4 rings (SSSR count). The Morgan fingerprint density at radius 1 is 0.815 bits per heavy atom. The Labute approximate surface area is 316 Å². The number of rotatable bonds is 18. The third-order valence-corrected chi connectivity index (χ3v) is 8.42. The van der Waals surface area contributed by atoms with Gasteiger partial charge in [0, 0.05) is 36.6 Å². The zero-order valence-corrected chi connectivity index (χ0v) is 31.7. The van der Waals surface area contributed by atoms with Crippen molar-refractivity contribution in [3.63, 3.8) is 0 Å². The largest absolute Gasteiger partial charge is 0.444 e. The van der Waals surface area contributed by atoms with E-state index in [9.17, 15) is 29.0 Å². The molecule has 2 atom stereocenters. The van der Waals surface area contributed by atoms with Gasteiger partial charge in [-0.2, -0.15) is 0 Å². The number of hydrogen-bond acceptors (Lipinski definition) is 7. The minimum Gasteiger partial charge on any atom is -0.444 e. The Morgan fingerprint density at radius 3 is 2.04 bits per heavy atom. The van der Waals surface area contributed by atoms with E-state index in [0.29, 0.717) is 28.1 Å². The predicted molar refractivity (Wildman–Crippen MR) is 208 cm³/mol. The zero-order chi connectivity index (χ0) is 39.3. The topological polar surface area (TPSA) is 151 Å². The van der Waals surface area contributed by atoms with Crippen molar-refractivity contribution in [2.75, 3.05) is 31.6 Å². The normalized spacial score (nSPS) is 12.6. The van der Waals surface area contributed by atoms with Crippen molar-refractivity contribution in [3.8, 4) is 22.4 Å². The summed E-state index contributed by atoms with van der Waals surface area (Å²) in [6, 6.07) is 24.9. The van der Waals surface area contributed by atoms with E-state index in [1.807, 2.05) is 79.1 Å². The minimum atomic E-state index is -1.10. The van der Waals surface area contributed by atoms with Crippen molar-refractivity contribution >= 4 is 23.6 Å². The van der Waals surface area contributed by atoms with E-state index in [2.05, 4.69) is 16.0 Å². The first kappa shape index (κ1) is 41.7. The molecule has 1 aromatic heterocycles. The maximum absolute atomic E-state index is 14.2. The van der Waals surface area contributed by atoms with E-state index in [4.69, 9.17) is 9.47 Å². The van der Waals surface area contributed by atoms with Crippen molar-refractivity contribution in [3.05, 3.63) is 102 Å². The van der Waals surface area contributed by atoms with Crippen LogP contribution in [0.4, 0.5) is 14.9 Å². The summed E-state index contributed by atoms with van der Waals surface area (Å²) in [6.07, 6.45) is -2.65. The molecule has 11 nitrogen and oxygen atoms in total. The number of aliphatic hydroxyl groups is 2. The highest BCUT2D eigenvalue weighted by Gasteiger charge is 2.31. The van der Waals surface area contributed by atoms with Gasteiger partial charge in [-0.3, -0.25) is 9.59 Å². The Hall–Kier alpha value is -5.04. The number of amides is 3. The molecular weight excluding hydrogens is 691 g/mol. The molecule has 0 aliphatic rings. The number of benzene rings is 3. The summed E-state index contributed by atoms with van der Waals surface area (Å²) in [6.45, 7) is 10.5.